The van der Waals surface area contributed by atoms with E-state index in [0.717, 1.165) is 12.0 Å². The van der Waals surface area contributed by atoms with Gasteiger partial charge in [0, 0.05) is 0 Å². The number of carbonyl (C=O) groups excluding carboxylic acids is 1. The minimum absolute atomic E-state index is 0.143. The van der Waals surface area contributed by atoms with Crippen molar-refractivity contribution in [2.45, 2.75) is 57.3 Å². The second-order valence-electron chi connectivity index (χ2n) is 8.34. The van der Waals surface area contributed by atoms with E-state index in [0.29, 0.717) is 13.0 Å². The number of aliphatic imine (C=N–C) groups is 1. The average Bonchev–Trinajstić information content (AvgIpc) is 2.77. The predicted molar refractivity (Wildman–Crippen MR) is 127 cm³/mol. The quantitative estimate of drug-likeness (QED) is 0.349. The maximum atomic E-state index is 12.5. The highest BCUT2D eigenvalue weighted by Gasteiger charge is 2.26. The zero-order valence-electron chi connectivity index (χ0n) is 18.8. The minimum Gasteiger partial charge on any atom is -0.386 e. The van der Waals surface area contributed by atoms with Crippen LogP contribution in [0.3, 0.4) is 0 Å². The van der Waals surface area contributed by atoms with Crippen LogP contribution in [0.15, 0.2) is 65.7 Å². The summed E-state index contributed by atoms with van der Waals surface area (Å²) in [5.74, 6) is -0.131. The fraction of sp³-hybridized carbons (Fsp3) is 0.400. The Hall–Kier alpha value is -3.21. The Kier molecular flexibility index (Phi) is 9.86. The number of amides is 1. The van der Waals surface area contributed by atoms with Gasteiger partial charge < -0.3 is 21.5 Å². The molecular weight excluding hydrogens is 402 g/mol. The average molecular weight is 436 g/mol. The van der Waals surface area contributed by atoms with E-state index in [1.807, 2.05) is 60.7 Å². The molecule has 0 heterocycles. The molecule has 170 valence electrons. The van der Waals surface area contributed by atoms with E-state index >= 15 is 0 Å². The summed E-state index contributed by atoms with van der Waals surface area (Å²) < 4.78 is 5.81. The van der Waals surface area contributed by atoms with Crippen molar-refractivity contribution in [1.82, 2.24) is 5.32 Å². The van der Waals surface area contributed by atoms with Gasteiger partial charge in [-0.05, 0) is 37.8 Å². The second kappa shape index (κ2) is 12.6. The lowest BCUT2D eigenvalue weighted by Crippen LogP contribution is -2.56. The van der Waals surface area contributed by atoms with E-state index in [2.05, 4.69) is 16.4 Å². The number of ether oxygens (including phenoxy) is 1. The number of benzene rings is 2. The summed E-state index contributed by atoms with van der Waals surface area (Å²) in [5.41, 5.74) is 13.3. The fourth-order valence-corrected chi connectivity index (χ4v) is 3.01. The Bertz CT molecular complexity index is 901. The number of hydrogen-bond acceptors (Lipinski definition) is 5. The lowest BCUT2D eigenvalue weighted by atomic mass is 10.0. The van der Waals surface area contributed by atoms with E-state index in [1.165, 1.54) is 5.56 Å². The van der Waals surface area contributed by atoms with Crippen LogP contribution in [0.25, 0.3) is 0 Å². The smallest absolute Gasteiger partial charge is 0.240 e. The summed E-state index contributed by atoms with van der Waals surface area (Å²) in [6, 6.07) is 21.0. The largest absolute Gasteiger partial charge is 0.386 e. The molecule has 0 aliphatic heterocycles. The van der Waals surface area contributed by atoms with Crippen molar-refractivity contribution in [3.8, 4) is 6.07 Å². The van der Waals surface area contributed by atoms with Gasteiger partial charge >= 0.3 is 0 Å². The number of nitrogens with two attached hydrogens (primary N) is 2. The molecule has 0 saturated heterocycles. The molecule has 0 saturated carbocycles. The molecule has 32 heavy (non-hydrogen) atoms. The highest BCUT2D eigenvalue weighted by molar-refractivity contribution is 5.93. The molecule has 2 rings (SSSR count). The van der Waals surface area contributed by atoms with Crippen LogP contribution in [0.2, 0.25) is 0 Å². The molecule has 7 nitrogen and oxygen atoms in total. The molecule has 0 bridgehead atoms. The van der Waals surface area contributed by atoms with Crippen LogP contribution in [0.5, 0.6) is 0 Å². The summed E-state index contributed by atoms with van der Waals surface area (Å²) >= 11 is 0. The molecular formula is C25H33N5O2. The molecule has 5 N–H and O–H groups in total. The first-order valence-electron chi connectivity index (χ1n) is 10.7. The Balaban J connectivity index is 2.09. The standard InChI is InChI=1S/C25H33N5O2/c1-25(2,28)24(31)30-22(18-32-17-20-11-7-4-8-12-20)23(27)29-21(15-16-26)14-13-19-9-5-3-6-10-19/h3-12,21-22H,13-15,17-18,28H2,1-2H3,(H2,27,29)(H,30,31)/t21?,22-/m1/s1. The topological polar surface area (TPSA) is 127 Å². The van der Waals surface area contributed by atoms with Crippen molar-refractivity contribution in [3.05, 3.63) is 71.8 Å². The van der Waals surface area contributed by atoms with Crippen molar-refractivity contribution >= 4 is 11.7 Å². The number of aryl methyl sites for hydroxylation is 1. The van der Waals surface area contributed by atoms with Gasteiger partial charge in [0.15, 0.2) is 0 Å². The van der Waals surface area contributed by atoms with E-state index in [9.17, 15) is 10.1 Å². The van der Waals surface area contributed by atoms with Gasteiger partial charge in [-0.25, -0.2) is 0 Å². The third-order valence-corrected chi connectivity index (χ3v) is 4.91. The van der Waals surface area contributed by atoms with Crippen LogP contribution in [0, 0.1) is 11.3 Å². The molecule has 0 fully saturated rings. The second-order valence-corrected chi connectivity index (χ2v) is 8.34. The lowest BCUT2D eigenvalue weighted by Gasteiger charge is -2.25. The van der Waals surface area contributed by atoms with Crippen LogP contribution in [-0.4, -0.2) is 36.0 Å². The first-order valence-corrected chi connectivity index (χ1v) is 10.7. The molecule has 1 amide bonds. The van der Waals surface area contributed by atoms with E-state index in [-0.39, 0.29) is 30.8 Å². The van der Waals surface area contributed by atoms with Gasteiger partial charge in [-0.3, -0.25) is 9.79 Å². The number of nitriles is 1. The maximum Gasteiger partial charge on any atom is 0.240 e. The molecule has 2 atom stereocenters. The first kappa shape index (κ1) is 25.1. The summed E-state index contributed by atoms with van der Waals surface area (Å²) in [7, 11) is 0. The highest BCUT2D eigenvalue weighted by Crippen LogP contribution is 2.11. The highest BCUT2D eigenvalue weighted by atomic mass is 16.5. The first-order chi connectivity index (χ1) is 15.3. The van der Waals surface area contributed by atoms with Gasteiger partial charge in [0.25, 0.3) is 0 Å². The molecule has 0 aliphatic rings. The molecule has 2 aromatic rings. The monoisotopic (exact) mass is 435 g/mol. The zero-order chi connectivity index (χ0) is 23.4. The van der Waals surface area contributed by atoms with Gasteiger partial charge in [0.05, 0.1) is 37.3 Å². The third-order valence-electron chi connectivity index (χ3n) is 4.91. The molecule has 0 aromatic heterocycles. The molecule has 0 spiro atoms. The number of amidine groups is 1. The fourth-order valence-electron chi connectivity index (χ4n) is 3.01. The van der Waals surface area contributed by atoms with Gasteiger partial charge in [-0.2, -0.15) is 5.26 Å². The summed E-state index contributed by atoms with van der Waals surface area (Å²) in [6.07, 6.45) is 1.69. The third kappa shape index (κ3) is 8.88. The molecule has 1 unspecified atom stereocenters. The van der Waals surface area contributed by atoms with Crippen LogP contribution in [0.1, 0.15) is 37.8 Å². The zero-order valence-corrected chi connectivity index (χ0v) is 18.8. The molecule has 2 aromatic carbocycles. The van der Waals surface area contributed by atoms with Crippen molar-refractivity contribution in [3.63, 3.8) is 0 Å². The lowest BCUT2D eigenvalue weighted by molar-refractivity contribution is -0.125. The number of carbonyl (C=O) groups is 1. The number of rotatable bonds is 12. The van der Waals surface area contributed by atoms with Gasteiger partial charge in [-0.1, -0.05) is 60.7 Å². The van der Waals surface area contributed by atoms with Crippen LogP contribution in [0.4, 0.5) is 0 Å². The summed E-state index contributed by atoms with van der Waals surface area (Å²) in [5, 5.41) is 12.1. The van der Waals surface area contributed by atoms with Crippen molar-refractivity contribution in [2.75, 3.05) is 6.61 Å². The normalized spacial score (nSPS) is 13.8. The predicted octanol–water partition coefficient (Wildman–Crippen LogP) is 2.70. The van der Waals surface area contributed by atoms with Gasteiger partial charge in [0.1, 0.15) is 11.9 Å². The molecule has 7 heteroatoms. The number of hydrogen-bond donors (Lipinski definition) is 3. The Morgan fingerprint density at radius 3 is 2.28 bits per heavy atom. The number of nitrogens with zero attached hydrogens (tertiary/aromatic N) is 2. The summed E-state index contributed by atoms with van der Waals surface area (Å²) in [4.78, 5) is 17.1. The van der Waals surface area contributed by atoms with Gasteiger partial charge in [-0.15, -0.1) is 0 Å². The van der Waals surface area contributed by atoms with Crippen LogP contribution in [-0.2, 0) is 22.6 Å². The van der Waals surface area contributed by atoms with Crippen LogP contribution >= 0.6 is 0 Å². The maximum absolute atomic E-state index is 12.5. The molecule has 0 aliphatic carbocycles. The van der Waals surface area contributed by atoms with Crippen molar-refractivity contribution in [2.24, 2.45) is 16.5 Å². The number of nitrogens with one attached hydrogen (secondary N) is 1. The van der Waals surface area contributed by atoms with E-state index < -0.39 is 11.6 Å². The van der Waals surface area contributed by atoms with Crippen molar-refractivity contribution in [1.29, 1.82) is 5.26 Å². The minimum atomic E-state index is -1.07. The Labute approximate surface area is 190 Å². The van der Waals surface area contributed by atoms with Crippen molar-refractivity contribution < 1.29 is 9.53 Å². The van der Waals surface area contributed by atoms with E-state index in [4.69, 9.17) is 16.2 Å². The molecule has 0 radical (unpaired) electrons. The van der Waals surface area contributed by atoms with E-state index in [1.54, 1.807) is 13.8 Å². The van der Waals surface area contributed by atoms with Crippen LogP contribution < -0.4 is 16.8 Å². The Morgan fingerprint density at radius 2 is 1.72 bits per heavy atom. The summed E-state index contributed by atoms with van der Waals surface area (Å²) in [6.45, 7) is 3.76. The van der Waals surface area contributed by atoms with Gasteiger partial charge in [0.2, 0.25) is 5.91 Å². The SMILES string of the molecule is CC(C)(N)C(=O)N[C@H](COCc1ccccc1)C(N)=NC(CC#N)CCc1ccccc1. The Morgan fingerprint density at radius 1 is 1.12 bits per heavy atom.